The molecule has 6 nitrogen and oxygen atoms in total. The molecule has 172 valence electrons. The van der Waals surface area contributed by atoms with Crippen LogP contribution in [-0.4, -0.2) is 65.7 Å². The number of nitrogens with one attached hydrogen (secondary N) is 2. The van der Waals surface area contributed by atoms with Gasteiger partial charge in [-0.15, -0.1) is 0 Å². The number of benzene rings is 2. The van der Waals surface area contributed by atoms with Crippen molar-refractivity contribution in [3.05, 3.63) is 59.3 Å². The van der Waals surface area contributed by atoms with E-state index in [-0.39, 0.29) is 17.4 Å². The van der Waals surface area contributed by atoms with Crippen LogP contribution in [0.25, 0.3) is 23.1 Å². The number of amides is 1. The van der Waals surface area contributed by atoms with Crippen molar-refractivity contribution in [2.24, 2.45) is 5.41 Å². The van der Waals surface area contributed by atoms with Gasteiger partial charge in [0.15, 0.2) is 0 Å². The van der Waals surface area contributed by atoms with Crippen molar-refractivity contribution in [3.63, 3.8) is 0 Å². The smallest absolute Gasteiger partial charge is 0.231 e. The van der Waals surface area contributed by atoms with E-state index in [1.54, 1.807) is 24.3 Å². The Morgan fingerprint density at radius 3 is 2.55 bits per heavy atom. The van der Waals surface area contributed by atoms with Gasteiger partial charge in [0.1, 0.15) is 11.6 Å². The average molecular weight is 452 g/mol. The quantitative estimate of drug-likeness (QED) is 0.595. The van der Waals surface area contributed by atoms with Gasteiger partial charge in [-0.25, -0.2) is 8.78 Å². The summed E-state index contributed by atoms with van der Waals surface area (Å²) in [6.45, 7) is 4.61. The monoisotopic (exact) mass is 451 g/mol. The van der Waals surface area contributed by atoms with E-state index in [4.69, 9.17) is 0 Å². The van der Waals surface area contributed by atoms with E-state index in [2.05, 4.69) is 32.4 Å². The van der Waals surface area contributed by atoms with E-state index in [1.165, 1.54) is 18.2 Å². The Morgan fingerprint density at radius 1 is 1.12 bits per heavy atom. The van der Waals surface area contributed by atoms with Crippen LogP contribution in [0.1, 0.15) is 24.1 Å². The number of anilines is 1. The highest BCUT2D eigenvalue weighted by Crippen LogP contribution is 2.47. The lowest BCUT2D eigenvalue weighted by Gasteiger charge is -2.34. The number of carbonyl (C=O) groups is 1. The lowest BCUT2D eigenvalue weighted by molar-refractivity contribution is -0.122. The van der Waals surface area contributed by atoms with E-state index in [1.807, 2.05) is 6.08 Å². The fourth-order valence-electron chi connectivity index (χ4n) is 4.33. The van der Waals surface area contributed by atoms with Crippen LogP contribution >= 0.6 is 0 Å². The molecule has 3 aromatic rings. The molecule has 0 atom stereocenters. The molecular formula is C25H27F2N5O. The second-order valence-electron chi connectivity index (χ2n) is 9.19. The number of H-pyrrole nitrogens is 1. The van der Waals surface area contributed by atoms with Crippen LogP contribution in [0.3, 0.4) is 0 Å². The van der Waals surface area contributed by atoms with E-state index in [0.29, 0.717) is 23.1 Å². The van der Waals surface area contributed by atoms with Crippen LogP contribution < -0.4 is 5.32 Å². The lowest BCUT2D eigenvalue weighted by Crippen LogP contribution is -2.48. The maximum absolute atomic E-state index is 14.8. The molecule has 0 unspecified atom stereocenters. The van der Waals surface area contributed by atoms with Gasteiger partial charge in [0.05, 0.1) is 22.3 Å². The second kappa shape index (κ2) is 8.68. The number of hydrogen-bond donors (Lipinski definition) is 2. The maximum atomic E-state index is 14.8. The van der Waals surface area contributed by atoms with Crippen LogP contribution in [-0.2, 0) is 4.79 Å². The van der Waals surface area contributed by atoms with Crippen molar-refractivity contribution < 1.29 is 13.6 Å². The van der Waals surface area contributed by atoms with E-state index >= 15 is 0 Å². The average Bonchev–Trinajstić information content (AvgIpc) is 3.49. The number of likely N-dealkylation sites (N-methyl/N-ethyl adjacent to an activating group) is 1. The van der Waals surface area contributed by atoms with Crippen LogP contribution in [0.2, 0.25) is 0 Å². The van der Waals surface area contributed by atoms with E-state index in [9.17, 15) is 13.6 Å². The Bertz CT molecular complexity index is 1190. The minimum absolute atomic E-state index is 0.119. The Balaban J connectivity index is 1.33. The van der Waals surface area contributed by atoms with Crippen LogP contribution in [0.5, 0.6) is 0 Å². The van der Waals surface area contributed by atoms with Crippen molar-refractivity contribution in [1.29, 1.82) is 0 Å². The first kappa shape index (κ1) is 21.7. The van der Waals surface area contributed by atoms with Gasteiger partial charge < -0.3 is 10.2 Å². The number of piperazine rings is 1. The normalized spacial score (nSPS) is 18.8. The van der Waals surface area contributed by atoms with Gasteiger partial charge >= 0.3 is 0 Å². The van der Waals surface area contributed by atoms with Gasteiger partial charge in [0, 0.05) is 44.2 Å². The van der Waals surface area contributed by atoms with Crippen molar-refractivity contribution in [1.82, 2.24) is 20.0 Å². The highest BCUT2D eigenvalue weighted by molar-refractivity contribution is 6.00. The fraction of sp³-hybridized carbons (Fsp3) is 0.360. The van der Waals surface area contributed by atoms with Gasteiger partial charge in [-0.05, 0) is 49.7 Å². The van der Waals surface area contributed by atoms with Crippen LogP contribution in [0.15, 0.2) is 36.4 Å². The summed E-state index contributed by atoms with van der Waals surface area (Å²) in [5.41, 5.74) is 1.71. The Labute approximate surface area is 191 Å². The predicted octanol–water partition coefficient (Wildman–Crippen LogP) is 3.98. The number of carbonyl (C=O) groups excluding carboxylic acids is 1. The number of hydrogen-bond acceptors (Lipinski definition) is 4. The summed E-state index contributed by atoms with van der Waals surface area (Å²) < 4.78 is 27.9. The molecule has 8 heteroatoms. The minimum atomic E-state index is -0.496. The number of fused-ring (bicyclic) bond motifs is 1. The standard InChI is InChI=1S/C25H27F2N5O/c1-31-10-12-32(13-11-31)16-25(8-9-25)24(33)28-23-14-19-21(29-30-22(19)15-20(23)27)7-4-17-2-5-18(26)6-3-17/h2-7,14-15H,8-13,16H2,1H3,(H,28,33)(H,29,30)/b7-4+. The number of aromatic nitrogens is 2. The van der Waals surface area contributed by atoms with E-state index in [0.717, 1.165) is 44.6 Å². The van der Waals surface area contributed by atoms with Crippen LogP contribution in [0.4, 0.5) is 14.5 Å². The summed E-state index contributed by atoms with van der Waals surface area (Å²) in [5.74, 6) is -0.912. The third kappa shape index (κ3) is 4.67. The van der Waals surface area contributed by atoms with Crippen molar-refractivity contribution in [2.75, 3.05) is 45.1 Å². The van der Waals surface area contributed by atoms with Crippen molar-refractivity contribution in [2.45, 2.75) is 12.8 Å². The highest BCUT2D eigenvalue weighted by atomic mass is 19.1. The molecule has 2 aliphatic rings. The SMILES string of the molecule is CN1CCN(CC2(C(=O)Nc3cc4c(/C=C/c5ccc(F)cc5)n[nH]c4cc3F)CC2)CC1. The first-order valence-corrected chi connectivity index (χ1v) is 11.3. The molecule has 2 heterocycles. The Kier molecular flexibility index (Phi) is 5.72. The summed E-state index contributed by atoms with van der Waals surface area (Å²) in [7, 11) is 2.11. The molecule has 1 aliphatic heterocycles. The van der Waals surface area contributed by atoms with Crippen LogP contribution in [0, 0.1) is 17.0 Å². The molecule has 1 aliphatic carbocycles. The zero-order chi connectivity index (χ0) is 23.0. The molecule has 2 N–H and O–H groups in total. The third-order valence-corrected chi connectivity index (χ3v) is 6.69. The van der Waals surface area contributed by atoms with Crippen molar-refractivity contribution >= 4 is 34.6 Å². The molecule has 1 amide bonds. The summed E-state index contributed by atoms with van der Waals surface area (Å²) >= 11 is 0. The molecule has 0 radical (unpaired) electrons. The molecule has 2 aromatic carbocycles. The fourth-order valence-corrected chi connectivity index (χ4v) is 4.33. The highest BCUT2D eigenvalue weighted by Gasteiger charge is 2.51. The second-order valence-corrected chi connectivity index (χ2v) is 9.19. The maximum Gasteiger partial charge on any atom is 0.231 e. The van der Waals surface area contributed by atoms with Crippen molar-refractivity contribution in [3.8, 4) is 0 Å². The Morgan fingerprint density at radius 2 is 1.85 bits per heavy atom. The summed E-state index contributed by atoms with van der Waals surface area (Å²) in [5, 5.41) is 10.6. The summed E-state index contributed by atoms with van der Waals surface area (Å²) in [4.78, 5) is 17.7. The largest absolute Gasteiger partial charge is 0.323 e. The van der Waals surface area contributed by atoms with Gasteiger partial charge in [-0.1, -0.05) is 18.2 Å². The molecule has 1 saturated heterocycles. The molecule has 33 heavy (non-hydrogen) atoms. The molecule has 5 rings (SSSR count). The molecule has 1 saturated carbocycles. The van der Waals surface area contributed by atoms with Gasteiger partial charge in [0.2, 0.25) is 5.91 Å². The number of nitrogens with zero attached hydrogens (tertiary/aromatic N) is 3. The molecule has 0 bridgehead atoms. The zero-order valence-electron chi connectivity index (χ0n) is 18.6. The summed E-state index contributed by atoms with van der Waals surface area (Å²) in [6.07, 6.45) is 5.25. The number of aromatic amines is 1. The first-order chi connectivity index (χ1) is 15.9. The summed E-state index contributed by atoms with van der Waals surface area (Å²) in [6, 6.07) is 9.10. The van der Waals surface area contributed by atoms with E-state index < -0.39 is 11.2 Å². The van der Waals surface area contributed by atoms with Gasteiger partial charge in [-0.2, -0.15) is 5.10 Å². The number of halogens is 2. The topological polar surface area (TPSA) is 64.3 Å². The lowest BCUT2D eigenvalue weighted by atomic mass is 10.0. The molecule has 2 fully saturated rings. The van der Waals surface area contributed by atoms with Gasteiger partial charge in [-0.3, -0.25) is 14.8 Å². The molecule has 0 spiro atoms. The minimum Gasteiger partial charge on any atom is -0.323 e. The third-order valence-electron chi connectivity index (χ3n) is 6.69. The first-order valence-electron chi connectivity index (χ1n) is 11.3. The van der Waals surface area contributed by atoms with Gasteiger partial charge in [0.25, 0.3) is 0 Å². The Hall–Kier alpha value is -3.10. The number of rotatable bonds is 6. The molecular weight excluding hydrogens is 424 g/mol. The molecule has 1 aromatic heterocycles. The zero-order valence-corrected chi connectivity index (χ0v) is 18.6. The predicted molar refractivity (Wildman–Crippen MR) is 126 cm³/mol.